The van der Waals surface area contributed by atoms with Crippen LogP contribution in [0, 0.1) is 0 Å². The van der Waals surface area contributed by atoms with Crippen molar-refractivity contribution in [2.45, 2.75) is 12.4 Å². The van der Waals surface area contributed by atoms with Gasteiger partial charge in [-0.2, -0.15) is 0 Å². The number of nitrogens with one attached hydrogen (secondary N) is 1. The number of carbonyl (C=O) groups excluding carboxylic acids is 1. The molecule has 2 amide bonds. The number of carbonyl (C=O) groups is 1. The summed E-state index contributed by atoms with van der Waals surface area (Å²) in [5, 5.41) is 2.55. The lowest BCUT2D eigenvalue weighted by molar-refractivity contribution is 0.248. The van der Waals surface area contributed by atoms with Crippen LogP contribution < -0.4 is 11.1 Å². The van der Waals surface area contributed by atoms with Gasteiger partial charge >= 0.3 is 6.03 Å². The number of amides is 2. The van der Waals surface area contributed by atoms with Crippen LogP contribution in [-0.2, 0) is 12.4 Å². The van der Waals surface area contributed by atoms with Crippen LogP contribution in [0.5, 0.6) is 0 Å². The van der Waals surface area contributed by atoms with Gasteiger partial charge in [-0.1, -0.05) is 15.9 Å². The van der Waals surface area contributed by atoms with E-state index >= 15 is 0 Å². The number of alkyl halides is 1. The molecule has 0 radical (unpaired) electrons. The molecule has 2 aromatic rings. The predicted molar refractivity (Wildman–Crippen MR) is 74.6 cm³/mol. The Hall–Kier alpha value is -1.27. The van der Waals surface area contributed by atoms with E-state index < -0.39 is 6.03 Å². The van der Waals surface area contributed by atoms with Gasteiger partial charge in [0.2, 0.25) is 0 Å². The number of urea groups is 1. The first-order chi connectivity index (χ1) is 8.61. The summed E-state index contributed by atoms with van der Waals surface area (Å²) >= 11 is 9.30. The fraction of sp³-hybridized carbons (Fsp3) is 0.273. The zero-order valence-electron chi connectivity index (χ0n) is 9.49. The Bertz CT molecular complexity index is 584. The molecule has 0 saturated heterocycles. The molecule has 18 heavy (non-hydrogen) atoms. The first-order valence-electron chi connectivity index (χ1n) is 5.35. The Morgan fingerprint density at radius 2 is 2.33 bits per heavy atom. The number of primary amides is 1. The van der Waals surface area contributed by atoms with Crippen LogP contribution in [-0.4, -0.2) is 22.1 Å². The highest BCUT2D eigenvalue weighted by atomic mass is 79.9. The number of benzene rings is 1. The van der Waals surface area contributed by atoms with Crippen molar-refractivity contribution >= 4 is 44.6 Å². The van der Waals surface area contributed by atoms with E-state index in [0.717, 1.165) is 21.3 Å². The van der Waals surface area contributed by atoms with Crippen LogP contribution in [0.3, 0.4) is 0 Å². The number of rotatable bonds is 4. The fourth-order valence-electron chi connectivity index (χ4n) is 1.79. The van der Waals surface area contributed by atoms with E-state index in [1.165, 1.54) is 0 Å². The lowest BCUT2D eigenvalue weighted by atomic mass is 10.3. The summed E-state index contributed by atoms with van der Waals surface area (Å²) in [6, 6.07) is 5.29. The van der Waals surface area contributed by atoms with Gasteiger partial charge in [0.1, 0.15) is 5.82 Å². The van der Waals surface area contributed by atoms with Crippen molar-refractivity contribution in [3.63, 3.8) is 0 Å². The first-order valence-corrected chi connectivity index (χ1v) is 6.68. The molecule has 1 aromatic carbocycles. The van der Waals surface area contributed by atoms with Crippen molar-refractivity contribution in [1.82, 2.24) is 14.9 Å². The quantitative estimate of drug-likeness (QED) is 0.843. The van der Waals surface area contributed by atoms with Crippen molar-refractivity contribution < 1.29 is 4.79 Å². The third kappa shape index (κ3) is 2.76. The number of nitrogens with two attached hydrogens (primary N) is 1. The molecule has 0 atom stereocenters. The van der Waals surface area contributed by atoms with Gasteiger partial charge in [-0.25, -0.2) is 9.78 Å². The Morgan fingerprint density at radius 3 is 3.00 bits per heavy atom. The molecule has 0 unspecified atom stereocenters. The monoisotopic (exact) mass is 330 g/mol. The highest BCUT2D eigenvalue weighted by Crippen LogP contribution is 2.21. The minimum Gasteiger partial charge on any atom is -0.352 e. The number of hydrogen-bond acceptors (Lipinski definition) is 2. The lowest BCUT2D eigenvalue weighted by Crippen LogP contribution is -2.32. The average Bonchev–Trinajstić information content (AvgIpc) is 2.66. The van der Waals surface area contributed by atoms with Gasteiger partial charge < -0.3 is 15.6 Å². The summed E-state index contributed by atoms with van der Waals surface area (Å²) in [4.78, 5) is 15.1. The first kappa shape index (κ1) is 13.2. The molecule has 0 aliphatic rings. The largest absolute Gasteiger partial charge is 0.352 e. The normalized spacial score (nSPS) is 10.8. The van der Waals surface area contributed by atoms with Crippen LogP contribution in [0.15, 0.2) is 22.7 Å². The second-order valence-electron chi connectivity index (χ2n) is 3.74. The standard InChI is InChI=1S/C11H12BrClN4O/c12-7-1-2-8-9(5-7)17(10(6-13)16-8)4-3-15-11(14)18/h1-2,5H,3-4,6H2,(H3,14,15,18). The molecule has 5 nitrogen and oxygen atoms in total. The second-order valence-corrected chi connectivity index (χ2v) is 4.92. The minimum atomic E-state index is -0.534. The van der Waals surface area contributed by atoms with Crippen molar-refractivity contribution in [3.05, 3.63) is 28.5 Å². The Morgan fingerprint density at radius 1 is 1.56 bits per heavy atom. The summed E-state index contributed by atoms with van der Waals surface area (Å²) in [6.45, 7) is 1.02. The van der Waals surface area contributed by atoms with Gasteiger partial charge in [-0.3, -0.25) is 0 Å². The topological polar surface area (TPSA) is 72.9 Å². The van der Waals surface area contributed by atoms with Crippen molar-refractivity contribution in [1.29, 1.82) is 0 Å². The molecule has 1 aromatic heterocycles. The van der Waals surface area contributed by atoms with E-state index in [2.05, 4.69) is 26.2 Å². The van der Waals surface area contributed by atoms with E-state index in [4.69, 9.17) is 17.3 Å². The van der Waals surface area contributed by atoms with E-state index in [-0.39, 0.29) is 0 Å². The summed E-state index contributed by atoms with van der Waals surface area (Å²) in [7, 11) is 0. The second kappa shape index (κ2) is 5.58. The molecule has 96 valence electrons. The Balaban J connectivity index is 2.33. The van der Waals surface area contributed by atoms with Crippen LogP contribution in [0.1, 0.15) is 5.82 Å². The number of nitrogens with zero attached hydrogens (tertiary/aromatic N) is 2. The maximum absolute atomic E-state index is 10.7. The van der Waals surface area contributed by atoms with Crippen LogP contribution in [0.2, 0.25) is 0 Å². The van der Waals surface area contributed by atoms with Crippen LogP contribution >= 0.6 is 27.5 Å². The van der Waals surface area contributed by atoms with Gasteiger partial charge in [0.25, 0.3) is 0 Å². The van der Waals surface area contributed by atoms with E-state index in [9.17, 15) is 4.79 Å². The number of aromatic nitrogens is 2. The molecule has 0 fully saturated rings. The van der Waals surface area contributed by atoms with Gasteiger partial charge in [-0.05, 0) is 18.2 Å². The summed E-state index contributed by atoms with van der Waals surface area (Å²) in [6.07, 6.45) is 0. The summed E-state index contributed by atoms with van der Waals surface area (Å²) in [5.74, 6) is 1.10. The molecular weight excluding hydrogens is 320 g/mol. The minimum absolute atomic E-state index is 0.322. The Kier molecular flexibility index (Phi) is 4.08. The SMILES string of the molecule is NC(=O)NCCn1c(CCl)nc2ccc(Br)cc21. The molecule has 1 heterocycles. The number of fused-ring (bicyclic) bond motifs is 1. The third-order valence-electron chi connectivity index (χ3n) is 2.54. The average molecular weight is 332 g/mol. The molecule has 0 saturated carbocycles. The lowest BCUT2D eigenvalue weighted by Gasteiger charge is -2.08. The molecule has 0 aliphatic heterocycles. The molecule has 0 aliphatic carbocycles. The van der Waals surface area contributed by atoms with Crippen molar-refractivity contribution in [2.24, 2.45) is 5.73 Å². The zero-order valence-corrected chi connectivity index (χ0v) is 11.8. The molecule has 0 spiro atoms. The molecule has 3 N–H and O–H groups in total. The maximum Gasteiger partial charge on any atom is 0.312 e. The van der Waals surface area contributed by atoms with E-state index in [1.54, 1.807) is 0 Å². The van der Waals surface area contributed by atoms with Gasteiger partial charge in [-0.15, -0.1) is 11.6 Å². The van der Waals surface area contributed by atoms with Crippen molar-refractivity contribution in [2.75, 3.05) is 6.54 Å². The third-order valence-corrected chi connectivity index (χ3v) is 3.28. The number of halogens is 2. The number of imidazole rings is 1. The van der Waals surface area contributed by atoms with E-state index in [0.29, 0.717) is 19.0 Å². The van der Waals surface area contributed by atoms with Gasteiger partial charge in [0.15, 0.2) is 0 Å². The van der Waals surface area contributed by atoms with Gasteiger partial charge in [0, 0.05) is 17.6 Å². The van der Waals surface area contributed by atoms with Crippen molar-refractivity contribution in [3.8, 4) is 0 Å². The Labute approximate surface area is 117 Å². The zero-order chi connectivity index (χ0) is 13.1. The molecule has 0 bridgehead atoms. The molecule has 2 rings (SSSR count). The van der Waals surface area contributed by atoms with E-state index in [1.807, 2.05) is 22.8 Å². The van der Waals surface area contributed by atoms with Gasteiger partial charge in [0.05, 0.1) is 16.9 Å². The molecule has 7 heteroatoms. The predicted octanol–water partition coefficient (Wildman–Crippen LogP) is 2.21. The smallest absolute Gasteiger partial charge is 0.312 e. The maximum atomic E-state index is 10.7. The highest BCUT2D eigenvalue weighted by molar-refractivity contribution is 9.10. The molecular formula is C11H12BrClN4O. The number of hydrogen-bond donors (Lipinski definition) is 2. The summed E-state index contributed by atoms with van der Waals surface area (Å²) < 4.78 is 2.95. The van der Waals surface area contributed by atoms with Crippen LogP contribution in [0.4, 0.5) is 4.79 Å². The van der Waals surface area contributed by atoms with Crippen LogP contribution in [0.25, 0.3) is 11.0 Å². The highest BCUT2D eigenvalue weighted by Gasteiger charge is 2.10. The fourth-order valence-corrected chi connectivity index (χ4v) is 2.34. The summed E-state index contributed by atoms with van der Waals surface area (Å²) in [5.41, 5.74) is 6.89.